The molecule has 2 aliphatic rings. The molecule has 0 unspecified atom stereocenters. The third kappa shape index (κ3) is 4.92. The maximum atomic E-state index is 14.2. The van der Waals surface area contributed by atoms with Crippen LogP contribution in [0.25, 0.3) is 0 Å². The van der Waals surface area contributed by atoms with Gasteiger partial charge in [0.25, 0.3) is 0 Å². The molecule has 27 heavy (non-hydrogen) atoms. The molecule has 0 bridgehead atoms. The lowest BCUT2D eigenvalue weighted by Crippen LogP contribution is -2.27. The van der Waals surface area contributed by atoms with Gasteiger partial charge in [-0.25, -0.2) is 4.39 Å². The predicted octanol–water partition coefficient (Wildman–Crippen LogP) is 7.15. The molecule has 3 rings (SSSR count). The van der Waals surface area contributed by atoms with Gasteiger partial charge in [-0.1, -0.05) is 12.2 Å². The Morgan fingerprint density at radius 3 is 2.07 bits per heavy atom. The number of halogens is 2. The van der Waals surface area contributed by atoms with Crippen LogP contribution in [0.1, 0.15) is 69.4 Å². The van der Waals surface area contributed by atoms with Gasteiger partial charge in [0.2, 0.25) is 5.82 Å². The molecule has 0 amide bonds. The molecule has 1 nitrogen and oxygen atoms in total. The van der Waals surface area contributed by atoms with Crippen LogP contribution in [0.4, 0.5) is 8.78 Å². The first-order valence-electron chi connectivity index (χ1n) is 10.7. The molecule has 0 heterocycles. The molecule has 2 saturated carbocycles. The van der Waals surface area contributed by atoms with Gasteiger partial charge in [0.05, 0.1) is 6.61 Å². The van der Waals surface area contributed by atoms with Gasteiger partial charge in [-0.15, -0.1) is 0 Å². The van der Waals surface area contributed by atoms with E-state index in [2.05, 4.69) is 19.1 Å². The Kier molecular flexibility index (Phi) is 6.94. The second-order valence-corrected chi connectivity index (χ2v) is 8.76. The number of hydrogen-bond donors (Lipinski definition) is 0. The van der Waals surface area contributed by atoms with Crippen LogP contribution in [0.3, 0.4) is 0 Å². The lowest BCUT2D eigenvalue weighted by Gasteiger charge is -2.37. The summed E-state index contributed by atoms with van der Waals surface area (Å²) < 4.78 is 33.7. The highest BCUT2D eigenvalue weighted by Gasteiger charge is 2.30. The summed E-state index contributed by atoms with van der Waals surface area (Å²) in [6.45, 7) is 5.99. The monoisotopic (exact) mass is 376 g/mol. The molecule has 1 aromatic carbocycles. The first kappa shape index (κ1) is 20.4. The molecule has 150 valence electrons. The third-order valence-corrected chi connectivity index (χ3v) is 6.83. The van der Waals surface area contributed by atoms with Crippen molar-refractivity contribution in [1.29, 1.82) is 0 Å². The summed E-state index contributed by atoms with van der Waals surface area (Å²) in [5, 5.41) is 0. The maximum absolute atomic E-state index is 14.2. The predicted molar refractivity (Wildman–Crippen MR) is 107 cm³/mol. The lowest BCUT2D eigenvalue weighted by atomic mass is 9.69. The van der Waals surface area contributed by atoms with Gasteiger partial charge in [-0.3, -0.25) is 0 Å². The van der Waals surface area contributed by atoms with Crippen LogP contribution in [0.2, 0.25) is 0 Å². The van der Waals surface area contributed by atoms with E-state index in [1.807, 2.05) is 0 Å². The smallest absolute Gasteiger partial charge is 0.201 e. The van der Waals surface area contributed by atoms with Gasteiger partial charge in [0, 0.05) is 0 Å². The van der Waals surface area contributed by atoms with Crippen LogP contribution in [-0.4, -0.2) is 6.61 Å². The van der Waals surface area contributed by atoms with Crippen molar-refractivity contribution in [1.82, 2.24) is 0 Å². The molecule has 3 heteroatoms. The molecule has 0 N–H and O–H groups in total. The highest BCUT2D eigenvalue weighted by atomic mass is 19.2. The summed E-state index contributed by atoms with van der Waals surface area (Å²) in [7, 11) is 0. The Labute approximate surface area is 163 Å². The standard InChI is InChI=1S/C24H34F2O/c1-4-5-18-6-10-20(11-7-18)21-12-8-19(9-13-21)15-27-24-17(3)14-16(2)22(25)23(24)26/h4-5,14,18-21H,6-13,15H2,1-3H3/b5-4+. The van der Waals surface area contributed by atoms with E-state index in [-0.39, 0.29) is 5.75 Å². The Balaban J connectivity index is 1.46. The minimum absolute atomic E-state index is 0.0996. The summed E-state index contributed by atoms with van der Waals surface area (Å²) in [5.41, 5.74) is 1.01. The second kappa shape index (κ2) is 9.21. The number of ether oxygens (including phenoxy) is 1. The van der Waals surface area contributed by atoms with E-state index in [0.717, 1.165) is 30.6 Å². The molecule has 1 aromatic rings. The van der Waals surface area contributed by atoms with Crippen LogP contribution >= 0.6 is 0 Å². The highest BCUT2D eigenvalue weighted by Crippen LogP contribution is 2.42. The van der Waals surface area contributed by atoms with Crippen molar-refractivity contribution in [3.05, 3.63) is 41.0 Å². The largest absolute Gasteiger partial charge is 0.490 e. The summed E-state index contributed by atoms with van der Waals surface area (Å²) in [4.78, 5) is 0. The van der Waals surface area contributed by atoms with E-state index >= 15 is 0 Å². The average molecular weight is 377 g/mol. The fourth-order valence-electron chi connectivity index (χ4n) is 5.19. The fraction of sp³-hybridized carbons (Fsp3) is 0.667. The zero-order valence-electron chi connectivity index (χ0n) is 17.1. The van der Waals surface area contributed by atoms with Gasteiger partial charge in [-0.05, 0) is 113 Å². The molecule has 0 atom stereocenters. The van der Waals surface area contributed by atoms with Crippen LogP contribution in [-0.2, 0) is 0 Å². The maximum Gasteiger partial charge on any atom is 0.201 e. The van der Waals surface area contributed by atoms with E-state index in [1.54, 1.807) is 19.9 Å². The molecule has 0 spiro atoms. The quantitative estimate of drug-likeness (QED) is 0.496. The Hall–Kier alpha value is -1.38. The van der Waals surface area contributed by atoms with E-state index in [1.165, 1.54) is 38.5 Å². The number of allylic oxidation sites excluding steroid dienone is 2. The molecular formula is C24H34F2O. The van der Waals surface area contributed by atoms with Gasteiger partial charge in [0.15, 0.2) is 11.6 Å². The van der Waals surface area contributed by atoms with Gasteiger partial charge in [-0.2, -0.15) is 4.39 Å². The molecule has 2 fully saturated rings. The van der Waals surface area contributed by atoms with E-state index in [0.29, 0.717) is 23.7 Å². The number of hydrogen-bond acceptors (Lipinski definition) is 1. The minimum atomic E-state index is -0.834. The summed E-state index contributed by atoms with van der Waals surface area (Å²) >= 11 is 0. The molecule has 0 radical (unpaired) electrons. The summed E-state index contributed by atoms with van der Waals surface area (Å²) in [5.74, 6) is 1.48. The van der Waals surface area contributed by atoms with Crippen molar-refractivity contribution in [2.24, 2.45) is 23.7 Å². The number of benzene rings is 1. The van der Waals surface area contributed by atoms with Crippen LogP contribution in [0.15, 0.2) is 18.2 Å². The molecular weight excluding hydrogens is 342 g/mol. The van der Waals surface area contributed by atoms with Crippen molar-refractivity contribution in [2.75, 3.05) is 6.61 Å². The van der Waals surface area contributed by atoms with Gasteiger partial charge >= 0.3 is 0 Å². The Bertz CT molecular complexity index is 651. The van der Waals surface area contributed by atoms with Gasteiger partial charge < -0.3 is 4.74 Å². The average Bonchev–Trinajstić information content (AvgIpc) is 2.67. The fourth-order valence-corrected chi connectivity index (χ4v) is 5.19. The van der Waals surface area contributed by atoms with Crippen molar-refractivity contribution >= 4 is 0 Å². The normalized spacial score (nSPS) is 29.2. The van der Waals surface area contributed by atoms with Crippen LogP contribution < -0.4 is 4.74 Å². The first-order chi connectivity index (χ1) is 13.0. The van der Waals surface area contributed by atoms with Crippen molar-refractivity contribution < 1.29 is 13.5 Å². The lowest BCUT2D eigenvalue weighted by molar-refractivity contribution is 0.127. The summed E-state index contributed by atoms with van der Waals surface area (Å²) in [6.07, 6.45) is 14.8. The van der Waals surface area contributed by atoms with Crippen LogP contribution in [0, 0.1) is 49.2 Å². The second-order valence-electron chi connectivity index (χ2n) is 8.76. The first-order valence-corrected chi connectivity index (χ1v) is 10.7. The van der Waals surface area contributed by atoms with Crippen molar-refractivity contribution in [3.63, 3.8) is 0 Å². The SMILES string of the molecule is C/C=C/C1CCC(C2CCC(COc3c(C)cc(C)c(F)c3F)CC2)CC1. The zero-order chi connectivity index (χ0) is 19.4. The van der Waals surface area contributed by atoms with E-state index in [9.17, 15) is 8.78 Å². The zero-order valence-corrected chi connectivity index (χ0v) is 17.1. The van der Waals surface area contributed by atoms with Crippen molar-refractivity contribution in [3.8, 4) is 5.75 Å². The van der Waals surface area contributed by atoms with Gasteiger partial charge in [0.1, 0.15) is 0 Å². The Morgan fingerprint density at radius 1 is 0.889 bits per heavy atom. The number of rotatable bonds is 5. The third-order valence-electron chi connectivity index (χ3n) is 6.83. The minimum Gasteiger partial charge on any atom is -0.490 e. The topological polar surface area (TPSA) is 9.23 Å². The van der Waals surface area contributed by atoms with E-state index < -0.39 is 11.6 Å². The summed E-state index contributed by atoms with van der Waals surface area (Å²) in [6, 6.07) is 1.66. The highest BCUT2D eigenvalue weighted by molar-refractivity contribution is 5.38. The van der Waals surface area contributed by atoms with E-state index in [4.69, 9.17) is 4.74 Å². The van der Waals surface area contributed by atoms with Crippen LogP contribution in [0.5, 0.6) is 5.75 Å². The Morgan fingerprint density at radius 2 is 1.48 bits per heavy atom. The molecule has 0 aromatic heterocycles. The molecule has 0 saturated heterocycles. The van der Waals surface area contributed by atoms with Crippen molar-refractivity contribution in [2.45, 2.75) is 72.1 Å². The molecule has 0 aliphatic heterocycles. The number of aryl methyl sites for hydroxylation is 2. The molecule has 2 aliphatic carbocycles.